The Morgan fingerprint density at radius 3 is 2.58 bits per heavy atom. The maximum atomic E-state index is 12.9. The summed E-state index contributed by atoms with van der Waals surface area (Å²) in [4.78, 5) is 12.1. The lowest BCUT2D eigenvalue weighted by Crippen LogP contribution is -2.01. The summed E-state index contributed by atoms with van der Waals surface area (Å²) in [6.07, 6.45) is 1.07. The molecule has 0 spiro atoms. The van der Waals surface area contributed by atoms with Crippen LogP contribution < -0.4 is 4.74 Å². The Hall–Kier alpha value is -2.74. The predicted molar refractivity (Wildman–Crippen MR) is 96.4 cm³/mol. The Labute approximate surface area is 154 Å². The fourth-order valence-corrected chi connectivity index (χ4v) is 3.16. The maximum Gasteiger partial charge on any atom is 0.214 e. The molecule has 1 aromatic heterocycles. The third kappa shape index (κ3) is 4.45. The number of carbonyl (C=O) groups is 1. The van der Waals surface area contributed by atoms with Gasteiger partial charge in [-0.25, -0.2) is 4.39 Å². The van der Waals surface area contributed by atoms with Crippen molar-refractivity contribution in [1.82, 2.24) is 20.2 Å². The molecule has 0 atom stereocenters. The number of nitrogens with zero attached hydrogens (tertiary/aromatic N) is 4. The Morgan fingerprint density at radius 2 is 1.88 bits per heavy atom. The van der Waals surface area contributed by atoms with Gasteiger partial charge in [-0.1, -0.05) is 11.8 Å². The van der Waals surface area contributed by atoms with E-state index in [1.807, 2.05) is 24.3 Å². The summed E-state index contributed by atoms with van der Waals surface area (Å²) in [5.41, 5.74) is 1.36. The van der Waals surface area contributed by atoms with Crippen molar-refractivity contribution in [2.75, 3.05) is 12.9 Å². The van der Waals surface area contributed by atoms with E-state index in [0.29, 0.717) is 29.3 Å². The normalized spacial score (nSPS) is 10.7. The Morgan fingerprint density at radius 1 is 1.15 bits per heavy atom. The molecule has 0 unspecified atom stereocenters. The third-order valence-electron chi connectivity index (χ3n) is 3.70. The average Bonchev–Trinajstić information content (AvgIpc) is 3.14. The maximum absolute atomic E-state index is 12.9. The molecule has 134 valence electrons. The van der Waals surface area contributed by atoms with Crippen LogP contribution in [-0.2, 0) is 0 Å². The Kier molecular flexibility index (Phi) is 5.96. The lowest BCUT2D eigenvalue weighted by molar-refractivity contribution is 0.0982. The summed E-state index contributed by atoms with van der Waals surface area (Å²) in [7, 11) is 1.61. The van der Waals surface area contributed by atoms with Crippen molar-refractivity contribution in [2.24, 2.45) is 0 Å². The minimum Gasteiger partial charge on any atom is -0.497 e. The van der Waals surface area contributed by atoms with Crippen molar-refractivity contribution in [3.63, 3.8) is 0 Å². The first-order valence-electron chi connectivity index (χ1n) is 8.02. The van der Waals surface area contributed by atoms with E-state index in [9.17, 15) is 9.18 Å². The number of tetrazole rings is 1. The molecule has 0 N–H and O–H groups in total. The van der Waals surface area contributed by atoms with Gasteiger partial charge in [-0.05, 0) is 65.4 Å². The number of ether oxygens (including phenoxy) is 1. The van der Waals surface area contributed by atoms with E-state index in [-0.39, 0.29) is 11.6 Å². The van der Waals surface area contributed by atoms with Gasteiger partial charge in [0.05, 0.1) is 12.8 Å². The summed E-state index contributed by atoms with van der Waals surface area (Å²) in [6, 6.07) is 13.0. The van der Waals surface area contributed by atoms with Gasteiger partial charge < -0.3 is 4.74 Å². The van der Waals surface area contributed by atoms with Crippen LogP contribution >= 0.6 is 11.8 Å². The Bertz CT molecular complexity index is 866. The van der Waals surface area contributed by atoms with Gasteiger partial charge in [-0.2, -0.15) is 4.68 Å². The summed E-state index contributed by atoms with van der Waals surface area (Å²) in [5, 5.41) is 12.4. The number of thioether (sulfide) groups is 1. The van der Waals surface area contributed by atoms with E-state index in [4.69, 9.17) is 4.74 Å². The van der Waals surface area contributed by atoms with Crippen LogP contribution in [0.25, 0.3) is 5.69 Å². The highest BCUT2D eigenvalue weighted by atomic mass is 32.2. The average molecular weight is 372 g/mol. The van der Waals surface area contributed by atoms with Crippen LogP contribution in [0.4, 0.5) is 4.39 Å². The summed E-state index contributed by atoms with van der Waals surface area (Å²) >= 11 is 1.48. The highest BCUT2D eigenvalue weighted by Gasteiger charge is 2.10. The van der Waals surface area contributed by atoms with Crippen molar-refractivity contribution in [2.45, 2.75) is 18.0 Å². The molecule has 6 nitrogen and oxygen atoms in total. The SMILES string of the molecule is COc1ccc(-n2nnnc2SCCCC(=O)c2ccc(F)cc2)cc1. The zero-order valence-corrected chi connectivity index (χ0v) is 14.9. The van der Waals surface area contributed by atoms with Crippen molar-refractivity contribution >= 4 is 17.5 Å². The van der Waals surface area contributed by atoms with E-state index in [1.54, 1.807) is 11.8 Å². The molecule has 2 aromatic carbocycles. The highest BCUT2D eigenvalue weighted by Crippen LogP contribution is 2.21. The summed E-state index contributed by atoms with van der Waals surface area (Å²) in [5.74, 6) is 1.11. The second-order valence-corrected chi connectivity index (χ2v) is 6.52. The molecule has 8 heteroatoms. The van der Waals surface area contributed by atoms with Gasteiger partial charge in [0, 0.05) is 17.7 Å². The van der Waals surface area contributed by atoms with Gasteiger partial charge in [0.15, 0.2) is 5.78 Å². The number of halogens is 1. The first kappa shape index (κ1) is 18.1. The largest absolute Gasteiger partial charge is 0.497 e. The van der Waals surface area contributed by atoms with Gasteiger partial charge in [0.2, 0.25) is 5.16 Å². The van der Waals surface area contributed by atoms with E-state index >= 15 is 0 Å². The monoisotopic (exact) mass is 372 g/mol. The quantitative estimate of drug-likeness (QED) is 0.342. The van der Waals surface area contributed by atoms with Crippen LogP contribution in [0, 0.1) is 5.82 Å². The lowest BCUT2D eigenvalue weighted by atomic mass is 10.1. The smallest absolute Gasteiger partial charge is 0.214 e. The number of Topliss-reactive ketones (excluding diaryl/α,β-unsaturated/α-hetero) is 1. The summed E-state index contributed by atoms with van der Waals surface area (Å²) < 4.78 is 19.7. The van der Waals surface area contributed by atoms with Crippen molar-refractivity contribution in [1.29, 1.82) is 0 Å². The first-order valence-corrected chi connectivity index (χ1v) is 9.00. The number of aromatic nitrogens is 4. The topological polar surface area (TPSA) is 69.9 Å². The molecule has 0 aliphatic carbocycles. The second kappa shape index (κ2) is 8.57. The minimum absolute atomic E-state index is 0.000321. The second-order valence-electron chi connectivity index (χ2n) is 5.45. The molecule has 0 amide bonds. The third-order valence-corrected chi connectivity index (χ3v) is 4.71. The molecule has 26 heavy (non-hydrogen) atoms. The molecule has 0 bridgehead atoms. The molecular weight excluding hydrogens is 355 g/mol. The summed E-state index contributed by atoms with van der Waals surface area (Å²) in [6.45, 7) is 0. The molecule has 3 aromatic rings. The van der Waals surface area contributed by atoms with Gasteiger partial charge in [0.1, 0.15) is 11.6 Å². The fourth-order valence-electron chi connectivity index (χ4n) is 2.33. The fraction of sp³-hybridized carbons (Fsp3) is 0.222. The van der Waals surface area contributed by atoms with Gasteiger partial charge in [-0.3, -0.25) is 4.79 Å². The number of hydrogen-bond donors (Lipinski definition) is 0. The van der Waals surface area contributed by atoms with Crippen molar-refractivity contribution < 1.29 is 13.9 Å². The molecule has 0 saturated carbocycles. The van der Waals surface area contributed by atoms with Gasteiger partial charge >= 0.3 is 0 Å². The van der Waals surface area contributed by atoms with Crippen LogP contribution in [0.15, 0.2) is 53.7 Å². The van der Waals surface area contributed by atoms with Gasteiger partial charge in [-0.15, -0.1) is 5.10 Å². The molecule has 0 radical (unpaired) electrons. The molecule has 0 saturated heterocycles. The number of benzene rings is 2. The van der Waals surface area contributed by atoms with E-state index in [1.165, 1.54) is 36.0 Å². The van der Waals surface area contributed by atoms with Crippen LogP contribution in [0.5, 0.6) is 5.75 Å². The predicted octanol–water partition coefficient (Wildman–Crippen LogP) is 3.57. The van der Waals surface area contributed by atoms with Crippen LogP contribution in [0.2, 0.25) is 0 Å². The number of rotatable bonds is 8. The molecular formula is C18H17FN4O2S. The van der Waals surface area contributed by atoms with Crippen molar-refractivity contribution in [3.8, 4) is 11.4 Å². The zero-order valence-electron chi connectivity index (χ0n) is 14.1. The Balaban J connectivity index is 1.53. The van der Waals surface area contributed by atoms with E-state index in [2.05, 4.69) is 15.5 Å². The van der Waals surface area contributed by atoms with Crippen LogP contribution in [-0.4, -0.2) is 38.9 Å². The van der Waals surface area contributed by atoms with Crippen molar-refractivity contribution in [3.05, 3.63) is 59.9 Å². The molecule has 0 aliphatic rings. The number of carbonyl (C=O) groups excluding carboxylic acids is 1. The lowest BCUT2D eigenvalue weighted by Gasteiger charge is -2.05. The number of methoxy groups -OCH3 is 1. The first-order chi connectivity index (χ1) is 12.7. The van der Waals surface area contributed by atoms with Crippen LogP contribution in [0.3, 0.4) is 0 Å². The van der Waals surface area contributed by atoms with E-state index in [0.717, 1.165) is 11.4 Å². The zero-order chi connectivity index (χ0) is 18.4. The molecule has 3 rings (SSSR count). The molecule has 0 fully saturated rings. The molecule has 0 aliphatic heterocycles. The molecule has 1 heterocycles. The van der Waals surface area contributed by atoms with Gasteiger partial charge in [0.25, 0.3) is 0 Å². The highest BCUT2D eigenvalue weighted by molar-refractivity contribution is 7.99. The van der Waals surface area contributed by atoms with Crippen LogP contribution in [0.1, 0.15) is 23.2 Å². The van der Waals surface area contributed by atoms with E-state index < -0.39 is 0 Å². The number of ketones is 1. The number of hydrogen-bond acceptors (Lipinski definition) is 6. The standard InChI is InChI=1S/C18H17FN4O2S/c1-25-16-10-8-15(9-11-16)23-18(20-21-22-23)26-12-2-3-17(24)13-4-6-14(19)7-5-13/h4-11H,2-3,12H2,1H3. The minimum atomic E-state index is -0.345.